The van der Waals surface area contributed by atoms with Crippen molar-refractivity contribution in [3.05, 3.63) is 0 Å². The second-order valence-corrected chi connectivity index (χ2v) is 3.45. The average molecular weight is 204 g/mol. The summed E-state index contributed by atoms with van der Waals surface area (Å²) in [6, 6.07) is -0.00810. The Morgan fingerprint density at radius 1 is 1.57 bits per heavy atom. The molecule has 14 heavy (non-hydrogen) atoms. The molecule has 0 spiro atoms. The van der Waals surface area contributed by atoms with Gasteiger partial charge < -0.3 is 9.64 Å². The van der Waals surface area contributed by atoms with Crippen LogP contribution in [-0.2, 0) is 9.53 Å². The van der Waals surface area contributed by atoms with Gasteiger partial charge in [-0.05, 0) is 26.4 Å². The van der Waals surface area contributed by atoms with Crippen molar-refractivity contribution in [2.24, 2.45) is 0 Å². The second-order valence-electron chi connectivity index (χ2n) is 3.45. The van der Waals surface area contributed by atoms with Gasteiger partial charge in [0.1, 0.15) is 0 Å². The molecule has 1 amide bonds. The van der Waals surface area contributed by atoms with Crippen LogP contribution in [0.1, 0.15) is 12.8 Å². The molecule has 1 rings (SSSR count). The van der Waals surface area contributed by atoms with E-state index in [1.54, 1.807) is 14.2 Å². The third-order valence-electron chi connectivity index (χ3n) is 2.08. The first-order valence-electron chi connectivity index (χ1n) is 4.66. The van der Waals surface area contributed by atoms with Gasteiger partial charge in [0, 0.05) is 20.8 Å². The van der Waals surface area contributed by atoms with E-state index < -0.39 is 0 Å². The van der Waals surface area contributed by atoms with Gasteiger partial charge in [0.2, 0.25) is 6.41 Å². The van der Waals surface area contributed by atoms with E-state index in [2.05, 4.69) is 9.64 Å². The minimum absolute atomic E-state index is 0.00810. The highest BCUT2D eigenvalue weighted by molar-refractivity contribution is 5.45. The number of ether oxygens (including phenoxy) is 1. The van der Waals surface area contributed by atoms with E-state index in [1.807, 2.05) is 7.05 Å². The first kappa shape index (κ1) is 13.4. The van der Waals surface area contributed by atoms with Gasteiger partial charge in [-0.3, -0.25) is 10.0 Å². The van der Waals surface area contributed by atoms with E-state index in [0.717, 1.165) is 31.0 Å². The van der Waals surface area contributed by atoms with Gasteiger partial charge >= 0.3 is 0 Å². The smallest absolute Gasteiger partial charge is 0.233 e. The van der Waals surface area contributed by atoms with E-state index in [0.29, 0.717) is 6.41 Å². The predicted molar refractivity (Wildman–Crippen MR) is 53.1 cm³/mol. The minimum atomic E-state index is -0.00810. The molecule has 0 aromatic rings. The summed E-state index contributed by atoms with van der Waals surface area (Å²) >= 11 is 0. The van der Waals surface area contributed by atoms with Gasteiger partial charge in [-0.1, -0.05) is 0 Å². The lowest BCUT2D eigenvalue weighted by atomic mass is 10.1. The molecule has 0 saturated carbocycles. The first-order valence-corrected chi connectivity index (χ1v) is 4.66. The van der Waals surface area contributed by atoms with Crippen LogP contribution in [0.2, 0.25) is 0 Å². The van der Waals surface area contributed by atoms with Crippen LogP contribution in [-0.4, -0.2) is 62.0 Å². The summed E-state index contributed by atoms with van der Waals surface area (Å²) in [4.78, 5) is 12.3. The maximum Gasteiger partial charge on any atom is 0.233 e. The third-order valence-corrected chi connectivity index (χ3v) is 2.08. The number of nitrogens with zero attached hydrogens (tertiary/aromatic N) is 2. The van der Waals surface area contributed by atoms with Gasteiger partial charge in [0.05, 0.1) is 6.04 Å². The number of rotatable bonds is 2. The van der Waals surface area contributed by atoms with Crippen LogP contribution >= 0.6 is 0 Å². The lowest BCUT2D eigenvalue weighted by molar-refractivity contribution is -0.164. The highest BCUT2D eigenvalue weighted by Gasteiger charge is 2.21. The normalized spacial score (nSPS) is 22.1. The van der Waals surface area contributed by atoms with E-state index in [1.165, 1.54) is 0 Å². The molecule has 1 N–H and O–H groups in total. The van der Waals surface area contributed by atoms with Gasteiger partial charge in [0.25, 0.3) is 0 Å². The number of hydrogen-bond donors (Lipinski definition) is 1. The SMILES string of the molecule is CN1CCCC(N(O)C=O)C1.COC. The Morgan fingerprint density at radius 2 is 2.14 bits per heavy atom. The van der Waals surface area contributed by atoms with Crippen LogP contribution < -0.4 is 0 Å². The van der Waals surface area contributed by atoms with Crippen molar-refractivity contribution < 1.29 is 14.7 Å². The Hall–Kier alpha value is -0.650. The lowest BCUT2D eigenvalue weighted by Gasteiger charge is -2.32. The molecule has 1 fully saturated rings. The molecule has 1 aliphatic heterocycles. The zero-order chi connectivity index (χ0) is 11.0. The van der Waals surface area contributed by atoms with Gasteiger partial charge in [-0.2, -0.15) is 0 Å². The van der Waals surface area contributed by atoms with Gasteiger partial charge in [-0.25, -0.2) is 5.06 Å². The maximum absolute atomic E-state index is 10.2. The largest absolute Gasteiger partial charge is 0.388 e. The summed E-state index contributed by atoms with van der Waals surface area (Å²) in [6.07, 6.45) is 2.43. The molecule has 1 heterocycles. The van der Waals surface area contributed by atoms with Crippen molar-refractivity contribution in [2.75, 3.05) is 34.4 Å². The Bertz CT molecular complexity index is 155. The molecule has 1 unspecified atom stereocenters. The van der Waals surface area contributed by atoms with E-state index >= 15 is 0 Å². The molecule has 5 nitrogen and oxygen atoms in total. The summed E-state index contributed by atoms with van der Waals surface area (Å²) < 4.78 is 4.25. The fraction of sp³-hybridized carbons (Fsp3) is 0.889. The van der Waals surface area contributed by atoms with E-state index in [4.69, 9.17) is 5.21 Å². The van der Waals surface area contributed by atoms with Crippen molar-refractivity contribution in [3.63, 3.8) is 0 Å². The summed E-state index contributed by atoms with van der Waals surface area (Å²) in [5.41, 5.74) is 0. The number of methoxy groups -OCH3 is 1. The fourth-order valence-electron chi connectivity index (χ4n) is 1.44. The number of hydrogen-bond acceptors (Lipinski definition) is 4. The Morgan fingerprint density at radius 3 is 2.57 bits per heavy atom. The molecule has 1 atom stereocenters. The molecule has 0 aliphatic carbocycles. The van der Waals surface area contributed by atoms with Crippen molar-refractivity contribution in [1.29, 1.82) is 0 Å². The molecular formula is C9H20N2O3. The van der Waals surface area contributed by atoms with Crippen molar-refractivity contribution in [1.82, 2.24) is 9.96 Å². The van der Waals surface area contributed by atoms with Gasteiger partial charge in [0.15, 0.2) is 0 Å². The number of carbonyl (C=O) groups is 1. The van der Waals surface area contributed by atoms with E-state index in [-0.39, 0.29) is 6.04 Å². The molecule has 84 valence electrons. The average Bonchev–Trinajstić information content (AvgIpc) is 2.18. The molecular weight excluding hydrogens is 184 g/mol. The van der Waals surface area contributed by atoms with Crippen LogP contribution in [0, 0.1) is 0 Å². The number of piperidine rings is 1. The summed E-state index contributed by atoms with van der Waals surface area (Å²) in [6.45, 7) is 1.83. The molecule has 0 aromatic heterocycles. The Balaban J connectivity index is 0.000000500. The van der Waals surface area contributed by atoms with Crippen LogP contribution in [0.4, 0.5) is 0 Å². The summed E-state index contributed by atoms with van der Waals surface area (Å²) in [7, 11) is 5.24. The standard InChI is InChI=1S/C7H14N2O2.C2H6O/c1-8-4-2-3-7(5-8)9(11)6-10;1-3-2/h6-7,11H,2-5H2,1H3;1-2H3. The first-order chi connectivity index (χ1) is 6.65. The topological polar surface area (TPSA) is 53.0 Å². The number of likely N-dealkylation sites (N-methyl/N-ethyl adjacent to an activating group) is 1. The highest BCUT2D eigenvalue weighted by atomic mass is 16.5. The number of amides is 1. The second kappa shape index (κ2) is 7.73. The zero-order valence-electron chi connectivity index (χ0n) is 9.14. The highest BCUT2D eigenvalue weighted by Crippen LogP contribution is 2.11. The zero-order valence-corrected chi connectivity index (χ0v) is 9.14. The summed E-state index contributed by atoms with van der Waals surface area (Å²) in [5.74, 6) is 0. The van der Waals surface area contributed by atoms with Crippen molar-refractivity contribution in [3.8, 4) is 0 Å². The van der Waals surface area contributed by atoms with Gasteiger partial charge in [-0.15, -0.1) is 0 Å². The van der Waals surface area contributed by atoms with Crippen LogP contribution in [0.5, 0.6) is 0 Å². The monoisotopic (exact) mass is 204 g/mol. The maximum atomic E-state index is 10.2. The van der Waals surface area contributed by atoms with Crippen LogP contribution in [0.25, 0.3) is 0 Å². The molecule has 0 radical (unpaired) electrons. The van der Waals surface area contributed by atoms with Crippen molar-refractivity contribution >= 4 is 6.41 Å². The van der Waals surface area contributed by atoms with Crippen LogP contribution in [0.3, 0.4) is 0 Å². The summed E-state index contributed by atoms with van der Waals surface area (Å²) in [5, 5.41) is 9.81. The molecule has 1 aliphatic rings. The van der Waals surface area contributed by atoms with Crippen molar-refractivity contribution in [2.45, 2.75) is 18.9 Å². The van der Waals surface area contributed by atoms with Crippen LogP contribution in [0.15, 0.2) is 0 Å². The number of likely N-dealkylation sites (tertiary alicyclic amines) is 1. The molecule has 0 bridgehead atoms. The number of hydroxylamine groups is 2. The third kappa shape index (κ3) is 5.16. The minimum Gasteiger partial charge on any atom is -0.388 e. The Labute approximate surface area is 85.2 Å². The quantitative estimate of drug-likeness (QED) is 0.396. The van der Waals surface area contributed by atoms with E-state index in [9.17, 15) is 4.79 Å². The lowest BCUT2D eigenvalue weighted by Crippen LogP contribution is -2.44. The molecule has 0 aromatic carbocycles. The fourth-order valence-corrected chi connectivity index (χ4v) is 1.44. The predicted octanol–water partition coefficient (Wildman–Crippen LogP) is 0.191. The Kier molecular flexibility index (Phi) is 7.37. The molecule has 5 heteroatoms. The molecule has 1 saturated heterocycles. The number of carbonyl (C=O) groups excluding carboxylic acids is 1.